The van der Waals surface area contributed by atoms with Crippen molar-refractivity contribution in [1.29, 1.82) is 0 Å². The van der Waals surface area contributed by atoms with Crippen LogP contribution in [0.4, 0.5) is 4.39 Å². The number of nitrogens with one attached hydrogen (secondary N) is 2. The maximum absolute atomic E-state index is 12.9. The Balaban J connectivity index is 1.85. The van der Waals surface area contributed by atoms with Crippen LogP contribution in [0.25, 0.3) is 11.4 Å². The molecule has 0 saturated carbocycles. The molecule has 128 valence electrons. The second-order valence-corrected chi connectivity index (χ2v) is 5.20. The molecule has 2 N–H and O–H groups in total. The van der Waals surface area contributed by atoms with Gasteiger partial charge in [0.25, 0.3) is 0 Å². The fourth-order valence-corrected chi connectivity index (χ4v) is 2.00. The van der Waals surface area contributed by atoms with Crippen LogP contribution in [0, 0.1) is 5.82 Å². The van der Waals surface area contributed by atoms with Gasteiger partial charge in [-0.1, -0.05) is 5.16 Å². The zero-order chi connectivity index (χ0) is 17.5. The van der Waals surface area contributed by atoms with Gasteiger partial charge in [0.1, 0.15) is 11.9 Å². The SMILES string of the molecule is CCNC(=O)[C@H](C)NC(=O)CCc1nc(-c2ccc(F)cc2)no1. The molecule has 0 fully saturated rings. The molecule has 2 aromatic rings. The zero-order valence-corrected chi connectivity index (χ0v) is 13.5. The van der Waals surface area contributed by atoms with E-state index in [2.05, 4.69) is 20.8 Å². The van der Waals surface area contributed by atoms with E-state index in [1.54, 1.807) is 26.0 Å². The van der Waals surface area contributed by atoms with Crippen molar-refractivity contribution in [2.45, 2.75) is 32.7 Å². The standard InChI is InChI=1S/C16H19FN4O3/c1-3-18-16(23)10(2)19-13(22)8-9-14-20-15(21-24-14)11-4-6-12(17)7-5-11/h4-7,10H,3,8-9H2,1-2H3,(H,18,23)(H,19,22)/t10-/m0/s1. The van der Waals surface area contributed by atoms with Gasteiger partial charge in [-0.15, -0.1) is 0 Å². The second kappa shape index (κ2) is 8.19. The van der Waals surface area contributed by atoms with Gasteiger partial charge in [-0.25, -0.2) is 4.39 Å². The molecular formula is C16H19FN4O3. The van der Waals surface area contributed by atoms with Gasteiger partial charge >= 0.3 is 0 Å². The molecule has 0 aliphatic carbocycles. The lowest BCUT2D eigenvalue weighted by atomic mass is 10.2. The van der Waals surface area contributed by atoms with Gasteiger partial charge < -0.3 is 15.2 Å². The minimum Gasteiger partial charge on any atom is -0.355 e. The average molecular weight is 334 g/mol. The van der Waals surface area contributed by atoms with E-state index in [9.17, 15) is 14.0 Å². The zero-order valence-electron chi connectivity index (χ0n) is 13.5. The Morgan fingerprint density at radius 3 is 2.67 bits per heavy atom. The fourth-order valence-electron chi connectivity index (χ4n) is 2.00. The number of aromatic nitrogens is 2. The van der Waals surface area contributed by atoms with Crippen LogP contribution in [0.15, 0.2) is 28.8 Å². The minimum absolute atomic E-state index is 0.120. The maximum Gasteiger partial charge on any atom is 0.242 e. The number of nitrogens with zero attached hydrogens (tertiary/aromatic N) is 2. The molecule has 1 heterocycles. The Morgan fingerprint density at radius 1 is 1.29 bits per heavy atom. The molecular weight excluding hydrogens is 315 g/mol. The second-order valence-electron chi connectivity index (χ2n) is 5.20. The van der Waals surface area contributed by atoms with Gasteiger partial charge in [-0.3, -0.25) is 9.59 Å². The van der Waals surface area contributed by atoms with Gasteiger partial charge in [-0.05, 0) is 38.1 Å². The number of carbonyl (C=O) groups excluding carboxylic acids is 2. The van der Waals surface area contributed by atoms with E-state index >= 15 is 0 Å². The van der Waals surface area contributed by atoms with E-state index in [0.717, 1.165) is 0 Å². The van der Waals surface area contributed by atoms with Crippen LogP contribution in [-0.4, -0.2) is 34.5 Å². The monoisotopic (exact) mass is 334 g/mol. The van der Waals surface area contributed by atoms with Crippen molar-refractivity contribution >= 4 is 11.8 Å². The molecule has 2 amide bonds. The number of halogens is 1. The molecule has 0 saturated heterocycles. The van der Waals surface area contributed by atoms with Crippen LogP contribution in [0.3, 0.4) is 0 Å². The number of aryl methyl sites for hydroxylation is 1. The molecule has 0 unspecified atom stereocenters. The molecule has 1 atom stereocenters. The molecule has 0 aliphatic rings. The largest absolute Gasteiger partial charge is 0.355 e. The average Bonchev–Trinajstić information content (AvgIpc) is 3.03. The highest BCUT2D eigenvalue weighted by molar-refractivity contribution is 5.87. The Kier molecular flexibility index (Phi) is 6.00. The summed E-state index contributed by atoms with van der Waals surface area (Å²) in [6.07, 6.45) is 0.372. The minimum atomic E-state index is -0.602. The molecule has 0 aliphatic heterocycles. The first-order chi connectivity index (χ1) is 11.5. The highest BCUT2D eigenvalue weighted by Gasteiger charge is 2.16. The van der Waals surface area contributed by atoms with Crippen LogP contribution < -0.4 is 10.6 Å². The van der Waals surface area contributed by atoms with Crippen molar-refractivity contribution in [2.75, 3.05) is 6.54 Å². The lowest BCUT2D eigenvalue weighted by Crippen LogP contribution is -2.44. The van der Waals surface area contributed by atoms with Crippen LogP contribution in [0.5, 0.6) is 0 Å². The summed E-state index contributed by atoms with van der Waals surface area (Å²) in [5.74, 6) is -0.228. The molecule has 1 aromatic carbocycles. The number of benzene rings is 1. The molecule has 0 spiro atoms. The van der Waals surface area contributed by atoms with Crippen molar-refractivity contribution in [3.63, 3.8) is 0 Å². The molecule has 8 heteroatoms. The molecule has 2 rings (SSSR count). The summed E-state index contributed by atoms with van der Waals surface area (Å²) in [4.78, 5) is 27.5. The number of likely N-dealkylation sites (N-methyl/N-ethyl adjacent to an activating group) is 1. The molecule has 7 nitrogen and oxygen atoms in total. The topological polar surface area (TPSA) is 97.1 Å². The molecule has 24 heavy (non-hydrogen) atoms. The normalized spacial score (nSPS) is 11.8. The Bertz CT molecular complexity index is 700. The van der Waals surface area contributed by atoms with E-state index in [0.29, 0.717) is 23.8 Å². The Morgan fingerprint density at radius 2 is 2.00 bits per heavy atom. The summed E-state index contributed by atoms with van der Waals surface area (Å²) in [6, 6.07) is 5.10. The number of amides is 2. The summed E-state index contributed by atoms with van der Waals surface area (Å²) in [5.41, 5.74) is 0.626. The number of hydrogen-bond donors (Lipinski definition) is 2. The summed E-state index contributed by atoms with van der Waals surface area (Å²) in [6.45, 7) is 3.93. The quantitative estimate of drug-likeness (QED) is 0.799. The van der Waals surface area contributed by atoms with Gasteiger partial charge in [0.15, 0.2) is 0 Å². The first kappa shape index (κ1) is 17.6. The van der Waals surface area contributed by atoms with Gasteiger partial charge in [-0.2, -0.15) is 4.98 Å². The van der Waals surface area contributed by atoms with Crippen molar-refractivity contribution in [3.8, 4) is 11.4 Å². The molecule has 0 radical (unpaired) electrons. The first-order valence-corrected chi connectivity index (χ1v) is 7.65. The van der Waals surface area contributed by atoms with Crippen molar-refractivity contribution < 1.29 is 18.5 Å². The van der Waals surface area contributed by atoms with Crippen molar-refractivity contribution in [2.24, 2.45) is 0 Å². The first-order valence-electron chi connectivity index (χ1n) is 7.65. The summed E-state index contributed by atoms with van der Waals surface area (Å²) in [7, 11) is 0. The van der Waals surface area contributed by atoms with E-state index in [1.165, 1.54) is 12.1 Å². The van der Waals surface area contributed by atoms with E-state index in [4.69, 9.17) is 4.52 Å². The predicted octanol–water partition coefficient (Wildman–Crippen LogP) is 1.45. The number of rotatable bonds is 7. The van der Waals surface area contributed by atoms with Gasteiger partial charge in [0.05, 0.1) is 0 Å². The molecule has 1 aromatic heterocycles. The Labute approximate surface area is 138 Å². The van der Waals surface area contributed by atoms with Crippen LogP contribution >= 0.6 is 0 Å². The lowest BCUT2D eigenvalue weighted by molar-refractivity contribution is -0.128. The van der Waals surface area contributed by atoms with Crippen molar-refractivity contribution in [1.82, 2.24) is 20.8 Å². The summed E-state index contributed by atoms with van der Waals surface area (Å²) < 4.78 is 18.0. The number of hydrogen-bond acceptors (Lipinski definition) is 5. The van der Waals surface area contributed by atoms with Gasteiger partial charge in [0.2, 0.25) is 23.5 Å². The highest BCUT2D eigenvalue weighted by atomic mass is 19.1. The third-order valence-corrected chi connectivity index (χ3v) is 3.26. The van der Waals surface area contributed by atoms with Crippen LogP contribution in [0.2, 0.25) is 0 Å². The third-order valence-electron chi connectivity index (χ3n) is 3.26. The highest BCUT2D eigenvalue weighted by Crippen LogP contribution is 2.16. The van der Waals surface area contributed by atoms with Crippen LogP contribution in [0.1, 0.15) is 26.2 Å². The lowest BCUT2D eigenvalue weighted by Gasteiger charge is -2.12. The fraction of sp³-hybridized carbons (Fsp3) is 0.375. The predicted molar refractivity (Wildman–Crippen MR) is 84.3 cm³/mol. The van der Waals surface area contributed by atoms with Crippen molar-refractivity contribution in [3.05, 3.63) is 36.0 Å². The van der Waals surface area contributed by atoms with E-state index in [1.807, 2.05) is 0 Å². The third kappa shape index (κ3) is 4.87. The Hall–Kier alpha value is -2.77. The molecule has 0 bridgehead atoms. The smallest absolute Gasteiger partial charge is 0.242 e. The summed E-state index contributed by atoms with van der Waals surface area (Å²) in [5, 5.41) is 9.03. The van der Waals surface area contributed by atoms with Crippen LogP contribution in [-0.2, 0) is 16.0 Å². The van der Waals surface area contributed by atoms with E-state index in [-0.39, 0.29) is 30.5 Å². The summed E-state index contributed by atoms with van der Waals surface area (Å²) >= 11 is 0. The van der Waals surface area contributed by atoms with Gasteiger partial charge in [0, 0.05) is 24.9 Å². The van der Waals surface area contributed by atoms with E-state index < -0.39 is 6.04 Å². The number of carbonyl (C=O) groups is 2. The maximum atomic E-state index is 12.9.